The van der Waals surface area contributed by atoms with Gasteiger partial charge >= 0.3 is 0 Å². The molecule has 268 valence electrons. The molecule has 0 atom stereocenters. The van der Waals surface area contributed by atoms with E-state index in [-0.39, 0.29) is 5.75 Å². The van der Waals surface area contributed by atoms with Crippen LogP contribution in [0.5, 0.6) is 5.75 Å². The van der Waals surface area contributed by atoms with E-state index in [1.54, 1.807) is 6.07 Å². The number of allylic oxidation sites excluding steroid dienone is 8. The fraction of sp³-hybridized carbons (Fsp3) is 0.137. The van der Waals surface area contributed by atoms with E-state index in [0.717, 1.165) is 57.1 Å². The molecule has 6 aromatic carbocycles. The molecule has 0 aliphatic heterocycles. The predicted molar refractivity (Wildman–Crippen MR) is 233 cm³/mol. The number of benzene rings is 6. The van der Waals surface area contributed by atoms with E-state index in [9.17, 15) is 5.11 Å². The lowest BCUT2D eigenvalue weighted by atomic mass is 9.94. The maximum atomic E-state index is 10.5. The van der Waals surface area contributed by atoms with Gasteiger partial charge in [-0.05, 0) is 145 Å². The maximum Gasteiger partial charge on any atom is 0.116 e. The lowest BCUT2D eigenvalue weighted by Gasteiger charge is -2.31. The SMILES string of the molecule is C/C=C\C(=C/C)c1ccc(N(C2=CC=C(c3ccccc3)CC2)c2ccc(-c3ccc4c(c3)c3cc(O)ccc3n4-c3ccccc3)cc2C)cc1.CC. The minimum Gasteiger partial charge on any atom is -0.508 e. The number of hydrogen-bond donors (Lipinski definition) is 1. The van der Waals surface area contributed by atoms with Crippen LogP contribution in [0.15, 0.2) is 176 Å². The van der Waals surface area contributed by atoms with E-state index in [0.29, 0.717) is 0 Å². The van der Waals surface area contributed by atoms with Crippen molar-refractivity contribution in [2.24, 2.45) is 0 Å². The monoisotopic (exact) mass is 704 g/mol. The lowest BCUT2D eigenvalue weighted by Crippen LogP contribution is -2.19. The number of aromatic nitrogens is 1. The number of phenols is 1. The predicted octanol–water partition coefficient (Wildman–Crippen LogP) is 14.4. The number of nitrogens with zero attached hydrogens (tertiary/aromatic N) is 2. The highest BCUT2D eigenvalue weighted by atomic mass is 16.3. The van der Waals surface area contributed by atoms with Crippen molar-refractivity contribution in [2.75, 3.05) is 4.90 Å². The van der Waals surface area contributed by atoms with Gasteiger partial charge in [-0.3, -0.25) is 0 Å². The highest BCUT2D eigenvalue weighted by Gasteiger charge is 2.21. The Balaban J connectivity index is 0.00000221. The van der Waals surface area contributed by atoms with E-state index >= 15 is 0 Å². The van der Waals surface area contributed by atoms with Crippen molar-refractivity contribution >= 4 is 44.3 Å². The number of aryl methyl sites for hydroxylation is 1. The quantitative estimate of drug-likeness (QED) is 0.160. The Bertz CT molecular complexity index is 2530. The molecular weight excluding hydrogens is 657 g/mol. The standard InChI is InChI=1S/C49H42N2O.C2H6/c1-4-12-35(5-2)37-17-23-42(24-18-37)50(43-25-19-38(20-26-43)36-13-8-6-9-14-36)47-28-21-39(31-34(47)3)40-22-29-48-45(32-40)46-33-44(52)27-30-49(46)51(48)41-15-10-7-11-16-41;1-2/h4-19,21-25,27-33,52H,20,26H2,1-3H3;1-2H3/b12-4-,35-5+;. The summed E-state index contributed by atoms with van der Waals surface area (Å²) in [5.74, 6) is 0.268. The van der Waals surface area contributed by atoms with Crippen LogP contribution in [0.2, 0.25) is 0 Å². The summed E-state index contributed by atoms with van der Waals surface area (Å²) in [5.41, 5.74) is 15.5. The number of rotatable bonds is 8. The molecule has 0 saturated carbocycles. The number of fused-ring (bicyclic) bond motifs is 3. The van der Waals surface area contributed by atoms with Gasteiger partial charge in [0.2, 0.25) is 0 Å². The van der Waals surface area contributed by atoms with Crippen LogP contribution in [0.4, 0.5) is 11.4 Å². The lowest BCUT2D eigenvalue weighted by molar-refractivity contribution is 0.476. The topological polar surface area (TPSA) is 28.4 Å². The van der Waals surface area contributed by atoms with Gasteiger partial charge in [0, 0.05) is 33.5 Å². The van der Waals surface area contributed by atoms with Crippen LogP contribution < -0.4 is 4.90 Å². The molecule has 1 N–H and O–H groups in total. The molecule has 1 heterocycles. The van der Waals surface area contributed by atoms with Gasteiger partial charge in [0.05, 0.1) is 11.0 Å². The van der Waals surface area contributed by atoms with E-state index < -0.39 is 0 Å². The van der Waals surface area contributed by atoms with Gasteiger partial charge in [0.1, 0.15) is 5.75 Å². The fourth-order valence-corrected chi connectivity index (χ4v) is 7.64. The molecule has 3 nitrogen and oxygen atoms in total. The van der Waals surface area contributed by atoms with Gasteiger partial charge in [0.15, 0.2) is 0 Å². The molecule has 0 spiro atoms. The van der Waals surface area contributed by atoms with Crippen LogP contribution >= 0.6 is 0 Å². The number of aromatic hydroxyl groups is 1. The number of para-hydroxylation sites is 1. The zero-order valence-corrected chi connectivity index (χ0v) is 31.9. The highest BCUT2D eigenvalue weighted by Crippen LogP contribution is 2.41. The van der Waals surface area contributed by atoms with Crippen LogP contribution in [0, 0.1) is 6.92 Å². The Hall–Kier alpha value is -6.32. The molecular formula is C51H48N2O. The Kier molecular flexibility index (Phi) is 10.8. The molecule has 1 aromatic heterocycles. The van der Waals surface area contributed by atoms with Gasteiger partial charge in [0.25, 0.3) is 0 Å². The molecule has 3 heteroatoms. The van der Waals surface area contributed by atoms with Gasteiger partial charge in [-0.2, -0.15) is 0 Å². The number of phenolic OH excluding ortho intramolecular Hbond substituents is 1. The van der Waals surface area contributed by atoms with Gasteiger partial charge in [-0.25, -0.2) is 0 Å². The average molecular weight is 705 g/mol. The Morgan fingerprint density at radius 3 is 1.94 bits per heavy atom. The molecule has 0 saturated heterocycles. The fourth-order valence-electron chi connectivity index (χ4n) is 7.64. The zero-order valence-electron chi connectivity index (χ0n) is 31.9. The van der Waals surface area contributed by atoms with Gasteiger partial charge in [-0.1, -0.05) is 111 Å². The van der Waals surface area contributed by atoms with E-state index in [2.05, 4.69) is 176 Å². The molecule has 0 fully saturated rings. The normalized spacial score (nSPS) is 13.1. The zero-order chi connectivity index (χ0) is 37.6. The van der Waals surface area contributed by atoms with Crippen molar-refractivity contribution in [1.82, 2.24) is 4.57 Å². The summed E-state index contributed by atoms with van der Waals surface area (Å²) < 4.78 is 2.28. The molecule has 1 aliphatic carbocycles. The van der Waals surface area contributed by atoms with Crippen LogP contribution in [0.1, 0.15) is 57.2 Å². The minimum atomic E-state index is 0.268. The largest absolute Gasteiger partial charge is 0.508 e. The third-order valence-electron chi connectivity index (χ3n) is 10.2. The third-order valence-corrected chi connectivity index (χ3v) is 10.2. The molecule has 8 rings (SSSR count). The van der Waals surface area contributed by atoms with Crippen molar-refractivity contribution in [3.8, 4) is 22.6 Å². The molecule has 0 bridgehead atoms. The summed E-state index contributed by atoms with van der Waals surface area (Å²) in [6.45, 7) is 10.4. The van der Waals surface area contributed by atoms with Gasteiger partial charge < -0.3 is 14.6 Å². The Labute approximate surface area is 320 Å². The van der Waals surface area contributed by atoms with Crippen LogP contribution in [-0.4, -0.2) is 9.67 Å². The molecule has 0 amide bonds. The number of hydrogen-bond acceptors (Lipinski definition) is 2. The first-order valence-electron chi connectivity index (χ1n) is 19.1. The van der Waals surface area contributed by atoms with Crippen molar-refractivity contribution in [2.45, 2.75) is 47.5 Å². The van der Waals surface area contributed by atoms with Crippen LogP contribution in [-0.2, 0) is 0 Å². The van der Waals surface area contributed by atoms with Crippen molar-refractivity contribution in [3.05, 3.63) is 192 Å². The van der Waals surface area contributed by atoms with Crippen molar-refractivity contribution in [1.29, 1.82) is 0 Å². The van der Waals surface area contributed by atoms with E-state index in [1.807, 2.05) is 32.0 Å². The molecule has 54 heavy (non-hydrogen) atoms. The van der Waals surface area contributed by atoms with Crippen LogP contribution in [0.25, 0.3) is 49.8 Å². The summed E-state index contributed by atoms with van der Waals surface area (Å²) in [6, 6.07) is 49.3. The smallest absolute Gasteiger partial charge is 0.116 e. The summed E-state index contributed by atoms with van der Waals surface area (Å²) >= 11 is 0. The van der Waals surface area contributed by atoms with E-state index in [4.69, 9.17) is 0 Å². The van der Waals surface area contributed by atoms with Crippen molar-refractivity contribution in [3.63, 3.8) is 0 Å². The molecule has 7 aromatic rings. The van der Waals surface area contributed by atoms with Crippen molar-refractivity contribution < 1.29 is 5.11 Å². The third kappa shape index (κ3) is 7.06. The highest BCUT2D eigenvalue weighted by molar-refractivity contribution is 6.11. The van der Waals surface area contributed by atoms with Crippen LogP contribution in [0.3, 0.4) is 0 Å². The first kappa shape index (κ1) is 36.1. The first-order chi connectivity index (χ1) is 26.5. The molecule has 1 aliphatic rings. The Morgan fingerprint density at radius 1 is 0.648 bits per heavy atom. The molecule has 0 unspecified atom stereocenters. The second kappa shape index (κ2) is 16.1. The average Bonchev–Trinajstić information content (AvgIpc) is 3.55. The summed E-state index contributed by atoms with van der Waals surface area (Å²) in [6.07, 6.45) is 12.9. The maximum absolute atomic E-state index is 10.5. The second-order valence-corrected chi connectivity index (χ2v) is 13.4. The molecule has 0 radical (unpaired) electrons. The van der Waals surface area contributed by atoms with Gasteiger partial charge in [-0.15, -0.1) is 0 Å². The van der Waals surface area contributed by atoms with E-state index in [1.165, 1.54) is 39.2 Å². The minimum absolute atomic E-state index is 0.268. The summed E-state index contributed by atoms with van der Waals surface area (Å²) in [7, 11) is 0. The second-order valence-electron chi connectivity index (χ2n) is 13.4. The Morgan fingerprint density at radius 2 is 1.30 bits per heavy atom. The number of anilines is 2. The summed E-state index contributed by atoms with van der Waals surface area (Å²) in [5, 5.41) is 12.6. The first-order valence-corrected chi connectivity index (χ1v) is 19.1. The summed E-state index contributed by atoms with van der Waals surface area (Å²) in [4.78, 5) is 2.44.